The standard InChI is InChI=1S/C14H17NO2/c1-2-4-13(16)11-7-6-10-5-3-8-15-14(17)12(10)9-11/h6-7,9H,2-5,8H2,1H3,(H,15,17). The fourth-order valence-electron chi connectivity index (χ4n) is 2.13. The van der Waals surface area contributed by atoms with E-state index in [0.717, 1.165) is 24.8 Å². The van der Waals surface area contributed by atoms with Crippen LogP contribution in [0.15, 0.2) is 18.2 Å². The molecule has 90 valence electrons. The summed E-state index contributed by atoms with van der Waals surface area (Å²) >= 11 is 0. The molecule has 0 aromatic heterocycles. The average Bonchev–Trinajstić information content (AvgIpc) is 2.51. The maximum absolute atomic E-state index is 11.8. The zero-order valence-corrected chi connectivity index (χ0v) is 10.1. The highest BCUT2D eigenvalue weighted by Gasteiger charge is 2.16. The molecule has 0 fully saturated rings. The molecule has 0 atom stereocenters. The number of Topliss-reactive ketones (excluding diaryl/α,β-unsaturated/α-hetero) is 1. The first kappa shape index (κ1) is 11.8. The van der Waals surface area contributed by atoms with Crippen molar-refractivity contribution < 1.29 is 9.59 Å². The van der Waals surface area contributed by atoms with Gasteiger partial charge in [-0.2, -0.15) is 0 Å². The smallest absolute Gasteiger partial charge is 0.251 e. The second-order valence-electron chi connectivity index (χ2n) is 4.40. The number of carbonyl (C=O) groups excluding carboxylic acids is 2. The van der Waals surface area contributed by atoms with Gasteiger partial charge in [0.1, 0.15) is 0 Å². The third kappa shape index (κ3) is 2.54. The fraction of sp³-hybridized carbons (Fsp3) is 0.429. The van der Waals surface area contributed by atoms with E-state index in [9.17, 15) is 9.59 Å². The summed E-state index contributed by atoms with van der Waals surface area (Å²) in [7, 11) is 0. The molecule has 1 aromatic carbocycles. The van der Waals surface area contributed by atoms with Gasteiger partial charge in [-0.05, 0) is 30.9 Å². The van der Waals surface area contributed by atoms with Crippen molar-refractivity contribution >= 4 is 11.7 Å². The van der Waals surface area contributed by atoms with Crippen LogP contribution in [0.1, 0.15) is 52.5 Å². The van der Waals surface area contributed by atoms with E-state index in [4.69, 9.17) is 0 Å². The Hall–Kier alpha value is -1.64. The lowest BCUT2D eigenvalue weighted by molar-refractivity contribution is 0.0956. The van der Waals surface area contributed by atoms with E-state index >= 15 is 0 Å². The van der Waals surface area contributed by atoms with E-state index in [-0.39, 0.29) is 11.7 Å². The predicted octanol–water partition coefficient (Wildman–Crippen LogP) is 2.35. The summed E-state index contributed by atoms with van der Waals surface area (Å²) in [5, 5.41) is 2.85. The number of carbonyl (C=O) groups is 2. The van der Waals surface area contributed by atoms with E-state index in [1.165, 1.54) is 0 Å². The third-order valence-electron chi connectivity index (χ3n) is 3.06. The van der Waals surface area contributed by atoms with Crippen molar-refractivity contribution in [2.45, 2.75) is 32.6 Å². The Morgan fingerprint density at radius 2 is 2.24 bits per heavy atom. The minimum absolute atomic E-state index is 0.0522. The summed E-state index contributed by atoms with van der Waals surface area (Å²) in [5.41, 5.74) is 2.38. The van der Waals surface area contributed by atoms with Crippen molar-refractivity contribution in [3.8, 4) is 0 Å². The van der Waals surface area contributed by atoms with Crippen LogP contribution in [0.5, 0.6) is 0 Å². The Bertz CT molecular complexity index is 452. The van der Waals surface area contributed by atoms with Crippen molar-refractivity contribution in [1.29, 1.82) is 0 Å². The minimum atomic E-state index is -0.0522. The van der Waals surface area contributed by atoms with Gasteiger partial charge >= 0.3 is 0 Å². The van der Waals surface area contributed by atoms with Gasteiger partial charge in [-0.1, -0.05) is 19.1 Å². The molecule has 3 heteroatoms. The number of nitrogens with one attached hydrogen (secondary N) is 1. The quantitative estimate of drug-likeness (QED) is 0.812. The molecule has 1 aromatic rings. The number of fused-ring (bicyclic) bond motifs is 1. The highest BCUT2D eigenvalue weighted by Crippen LogP contribution is 2.17. The maximum atomic E-state index is 11.8. The number of hydrogen-bond donors (Lipinski definition) is 1. The van der Waals surface area contributed by atoms with Crippen LogP contribution in [0.25, 0.3) is 0 Å². The second kappa shape index (κ2) is 5.13. The number of amides is 1. The molecule has 17 heavy (non-hydrogen) atoms. The molecule has 0 saturated heterocycles. The summed E-state index contributed by atoms with van der Waals surface area (Å²) in [6, 6.07) is 5.51. The number of ketones is 1. The van der Waals surface area contributed by atoms with E-state index < -0.39 is 0 Å². The van der Waals surface area contributed by atoms with Crippen LogP contribution in [0.2, 0.25) is 0 Å². The van der Waals surface area contributed by atoms with Crippen LogP contribution in [0.3, 0.4) is 0 Å². The number of aryl methyl sites for hydroxylation is 1. The summed E-state index contributed by atoms with van der Waals surface area (Å²) in [6.07, 6.45) is 3.24. The van der Waals surface area contributed by atoms with E-state index in [2.05, 4.69) is 5.32 Å². The lowest BCUT2D eigenvalue weighted by atomic mass is 9.98. The fourth-order valence-corrected chi connectivity index (χ4v) is 2.13. The first-order chi connectivity index (χ1) is 8.22. The normalized spacial score (nSPS) is 14.8. The number of hydrogen-bond acceptors (Lipinski definition) is 2. The molecule has 2 rings (SSSR count). The van der Waals surface area contributed by atoms with Gasteiger partial charge in [-0.3, -0.25) is 9.59 Å². The summed E-state index contributed by atoms with van der Waals surface area (Å²) in [4.78, 5) is 23.6. The molecule has 0 bridgehead atoms. The van der Waals surface area contributed by atoms with Crippen molar-refractivity contribution in [1.82, 2.24) is 5.32 Å². The minimum Gasteiger partial charge on any atom is -0.352 e. The zero-order valence-electron chi connectivity index (χ0n) is 10.1. The van der Waals surface area contributed by atoms with Crippen molar-refractivity contribution in [2.75, 3.05) is 6.54 Å². The van der Waals surface area contributed by atoms with Crippen LogP contribution >= 0.6 is 0 Å². The molecule has 1 aliphatic heterocycles. The lowest BCUT2D eigenvalue weighted by Gasteiger charge is -2.07. The van der Waals surface area contributed by atoms with E-state index in [1.807, 2.05) is 19.1 Å². The molecule has 0 saturated carbocycles. The molecular formula is C14H17NO2. The number of benzene rings is 1. The van der Waals surface area contributed by atoms with Gasteiger partial charge in [0.2, 0.25) is 0 Å². The van der Waals surface area contributed by atoms with Gasteiger partial charge in [0.25, 0.3) is 5.91 Å². The maximum Gasteiger partial charge on any atom is 0.251 e. The van der Waals surface area contributed by atoms with Gasteiger partial charge in [-0.15, -0.1) is 0 Å². The van der Waals surface area contributed by atoms with Gasteiger partial charge < -0.3 is 5.32 Å². The van der Waals surface area contributed by atoms with Gasteiger partial charge in [0.05, 0.1) is 0 Å². The first-order valence-corrected chi connectivity index (χ1v) is 6.16. The van der Waals surface area contributed by atoms with Crippen LogP contribution in [-0.2, 0) is 6.42 Å². The first-order valence-electron chi connectivity index (χ1n) is 6.16. The van der Waals surface area contributed by atoms with E-state index in [1.54, 1.807) is 6.07 Å². The highest BCUT2D eigenvalue weighted by molar-refractivity contribution is 6.01. The predicted molar refractivity (Wildman–Crippen MR) is 66.3 cm³/mol. The summed E-state index contributed by atoms with van der Waals surface area (Å²) < 4.78 is 0. The molecule has 1 amide bonds. The Labute approximate surface area is 101 Å². The molecular weight excluding hydrogens is 214 g/mol. The molecule has 0 aliphatic carbocycles. The molecule has 1 heterocycles. The zero-order chi connectivity index (χ0) is 12.3. The van der Waals surface area contributed by atoms with Crippen LogP contribution in [-0.4, -0.2) is 18.2 Å². The second-order valence-corrected chi connectivity index (χ2v) is 4.40. The van der Waals surface area contributed by atoms with Crippen LogP contribution < -0.4 is 5.32 Å². The van der Waals surface area contributed by atoms with Gasteiger partial charge in [-0.25, -0.2) is 0 Å². The van der Waals surface area contributed by atoms with Gasteiger partial charge in [0, 0.05) is 24.1 Å². The molecule has 0 spiro atoms. The molecule has 1 aliphatic rings. The summed E-state index contributed by atoms with van der Waals surface area (Å²) in [6.45, 7) is 2.69. The Kier molecular flexibility index (Phi) is 3.57. The topological polar surface area (TPSA) is 46.2 Å². The average molecular weight is 231 g/mol. The monoisotopic (exact) mass is 231 g/mol. The van der Waals surface area contributed by atoms with Crippen molar-refractivity contribution in [3.05, 3.63) is 34.9 Å². The SMILES string of the molecule is CCCC(=O)c1ccc2c(c1)C(=O)NCCC2. The van der Waals surface area contributed by atoms with Crippen molar-refractivity contribution in [2.24, 2.45) is 0 Å². The molecule has 0 radical (unpaired) electrons. The highest BCUT2D eigenvalue weighted by atomic mass is 16.1. The lowest BCUT2D eigenvalue weighted by Crippen LogP contribution is -2.22. The van der Waals surface area contributed by atoms with Crippen LogP contribution in [0, 0.1) is 0 Å². The molecule has 3 nitrogen and oxygen atoms in total. The Morgan fingerprint density at radius 1 is 1.41 bits per heavy atom. The van der Waals surface area contributed by atoms with Gasteiger partial charge in [0.15, 0.2) is 5.78 Å². The molecule has 1 N–H and O–H groups in total. The van der Waals surface area contributed by atoms with Crippen LogP contribution in [0.4, 0.5) is 0 Å². The largest absolute Gasteiger partial charge is 0.352 e. The number of rotatable bonds is 3. The molecule has 0 unspecified atom stereocenters. The Balaban J connectivity index is 2.34. The third-order valence-corrected chi connectivity index (χ3v) is 3.06. The van der Waals surface area contributed by atoms with E-state index in [0.29, 0.717) is 24.1 Å². The summed E-state index contributed by atoms with van der Waals surface area (Å²) in [5.74, 6) is 0.0657. The Morgan fingerprint density at radius 3 is 3.00 bits per heavy atom. The van der Waals surface area contributed by atoms with Crippen molar-refractivity contribution in [3.63, 3.8) is 0 Å².